The van der Waals surface area contributed by atoms with Gasteiger partial charge in [-0.3, -0.25) is 4.79 Å². The van der Waals surface area contributed by atoms with E-state index in [9.17, 15) is 17.6 Å². The number of carbonyl (C=O) groups excluding carboxylic acids is 1. The number of rotatable bonds is 4. The number of morpholine rings is 1. The Morgan fingerprint density at radius 1 is 1.31 bits per heavy atom. The fraction of sp³-hybridized carbons (Fsp3) is 0.588. The van der Waals surface area contributed by atoms with E-state index in [0.717, 1.165) is 18.9 Å². The summed E-state index contributed by atoms with van der Waals surface area (Å²) in [6.45, 7) is 4.02. The van der Waals surface area contributed by atoms with Crippen molar-refractivity contribution in [2.24, 2.45) is 0 Å². The first-order valence-corrected chi connectivity index (χ1v) is 10.6. The zero-order chi connectivity index (χ0) is 18.7. The molecule has 0 radical (unpaired) electrons. The maximum Gasteiger partial charge on any atom is 0.224 e. The summed E-state index contributed by atoms with van der Waals surface area (Å²) in [7, 11) is -3.43. The van der Waals surface area contributed by atoms with Crippen molar-refractivity contribution in [3.8, 4) is 0 Å². The molecule has 3 rings (SSSR count). The molecule has 0 bridgehead atoms. The van der Waals surface area contributed by atoms with Crippen LogP contribution in [0.2, 0.25) is 0 Å². The van der Waals surface area contributed by atoms with Gasteiger partial charge in [-0.15, -0.1) is 0 Å². The highest BCUT2D eigenvalue weighted by molar-refractivity contribution is 7.90. The molecule has 2 fully saturated rings. The molecular weight excluding hydrogens is 361 g/mol. The summed E-state index contributed by atoms with van der Waals surface area (Å²) in [5.41, 5.74) is 0.367. The van der Waals surface area contributed by atoms with Crippen LogP contribution in [0.4, 0.5) is 10.1 Å². The van der Waals surface area contributed by atoms with Crippen molar-refractivity contribution >= 4 is 21.4 Å². The average molecular weight is 385 g/mol. The number of benzene rings is 1. The van der Waals surface area contributed by atoms with E-state index in [4.69, 9.17) is 4.74 Å². The molecule has 26 heavy (non-hydrogen) atoms. The number of anilines is 1. The molecule has 7 nitrogen and oxygen atoms in total. The molecule has 144 valence electrons. The van der Waals surface area contributed by atoms with Crippen LogP contribution in [0.25, 0.3) is 0 Å². The summed E-state index contributed by atoms with van der Waals surface area (Å²) in [5.74, 6) is -0.489. The lowest BCUT2D eigenvalue weighted by molar-refractivity contribution is -0.132. The number of amides is 1. The van der Waals surface area contributed by atoms with E-state index in [1.165, 1.54) is 12.1 Å². The van der Waals surface area contributed by atoms with Gasteiger partial charge in [-0.05, 0) is 18.2 Å². The van der Waals surface area contributed by atoms with Gasteiger partial charge in [0.2, 0.25) is 5.91 Å². The number of ether oxygens (including phenoxy) is 1. The van der Waals surface area contributed by atoms with Gasteiger partial charge in [0.1, 0.15) is 5.82 Å². The third-order valence-electron chi connectivity index (χ3n) is 4.74. The van der Waals surface area contributed by atoms with E-state index in [2.05, 4.69) is 5.32 Å². The second-order valence-corrected chi connectivity index (χ2v) is 8.70. The molecule has 1 amide bonds. The molecule has 2 aliphatic rings. The number of sulfone groups is 1. The Balaban J connectivity index is 1.57. The first-order valence-electron chi connectivity index (χ1n) is 8.68. The molecule has 1 N–H and O–H groups in total. The summed E-state index contributed by atoms with van der Waals surface area (Å²) in [6.07, 6.45) is 1.45. The van der Waals surface area contributed by atoms with Gasteiger partial charge in [0.25, 0.3) is 0 Å². The molecule has 2 heterocycles. The standard InChI is InChI=1S/C17H24FN3O4S/c1-26(23,24)14-2-3-16(15(18)11-14)20-5-7-21(8-6-20)17(22)10-13-12-25-9-4-19-13/h2-3,11,13,19H,4-10,12H2,1H3/t13-/m1/s1. The Morgan fingerprint density at radius 3 is 2.62 bits per heavy atom. The Labute approximate surface area is 153 Å². The second kappa shape index (κ2) is 7.89. The number of hydrogen-bond acceptors (Lipinski definition) is 6. The molecular formula is C17H24FN3O4S. The van der Waals surface area contributed by atoms with Crippen LogP contribution in [0.15, 0.2) is 23.1 Å². The molecule has 0 aliphatic carbocycles. The van der Waals surface area contributed by atoms with Crippen LogP contribution in [0, 0.1) is 5.82 Å². The quantitative estimate of drug-likeness (QED) is 0.801. The van der Waals surface area contributed by atoms with Gasteiger partial charge in [0.05, 0.1) is 23.8 Å². The van der Waals surface area contributed by atoms with E-state index in [1.807, 2.05) is 4.90 Å². The minimum absolute atomic E-state index is 0.0326. The lowest BCUT2D eigenvalue weighted by atomic mass is 10.1. The number of hydrogen-bond donors (Lipinski definition) is 1. The summed E-state index contributed by atoms with van der Waals surface area (Å²) in [5, 5.41) is 3.27. The van der Waals surface area contributed by atoms with Gasteiger partial charge in [0, 0.05) is 51.4 Å². The molecule has 1 aromatic rings. The third-order valence-corrected chi connectivity index (χ3v) is 5.85. The van der Waals surface area contributed by atoms with Gasteiger partial charge in [-0.25, -0.2) is 12.8 Å². The van der Waals surface area contributed by atoms with E-state index < -0.39 is 15.7 Å². The Bertz CT molecular complexity index is 757. The largest absolute Gasteiger partial charge is 0.378 e. The first kappa shape index (κ1) is 19.1. The van der Waals surface area contributed by atoms with Crippen molar-refractivity contribution in [2.45, 2.75) is 17.4 Å². The highest BCUT2D eigenvalue weighted by atomic mass is 32.2. The highest BCUT2D eigenvalue weighted by Crippen LogP contribution is 2.24. The fourth-order valence-electron chi connectivity index (χ4n) is 3.26. The third kappa shape index (κ3) is 4.52. The van der Waals surface area contributed by atoms with Crippen molar-refractivity contribution in [3.63, 3.8) is 0 Å². The number of halogens is 1. The minimum atomic E-state index is -3.43. The van der Waals surface area contributed by atoms with Crippen LogP contribution in [-0.2, 0) is 19.4 Å². The minimum Gasteiger partial charge on any atom is -0.378 e. The van der Waals surface area contributed by atoms with Crippen LogP contribution in [0.1, 0.15) is 6.42 Å². The number of carbonyl (C=O) groups is 1. The number of nitrogens with zero attached hydrogens (tertiary/aromatic N) is 2. The van der Waals surface area contributed by atoms with Crippen LogP contribution >= 0.6 is 0 Å². The average Bonchev–Trinajstić information content (AvgIpc) is 2.62. The monoisotopic (exact) mass is 385 g/mol. The normalized spacial score (nSPS) is 21.7. The van der Waals surface area contributed by atoms with E-state index in [0.29, 0.717) is 51.5 Å². The fourth-order valence-corrected chi connectivity index (χ4v) is 3.89. The van der Waals surface area contributed by atoms with Gasteiger partial charge < -0.3 is 19.9 Å². The highest BCUT2D eigenvalue weighted by Gasteiger charge is 2.26. The second-order valence-electron chi connectivity index (χ2n) is 6.68. The van der Waals surface area contributed by atoms with Crippen molar-refractivity contribution < 1.29 is 22.3 Å². The topological polar surface area (TPSA) is 79.0 Å². The molecule has 0 unspecified atom stereocenters. The lowest BCUT2D eigenvalue weighted by Gasteiger charge is -2.37. The zero-order valence-electron chi connectivity index (χ0n) is 14.8. The van der Waals surface area contributed by atoms with E-state index in [-0.39, 0.29) is 16.8 Å². The summed E-state index contributed by atoms with van der Waals surface area (Å²) in [6, 6.07) is 4.01. The molecule has 2 saturated heterocycles. The number of nitrogens with one attached hydrogen (secondary N) is 1. The van der Waals surface area contributed by atoms with E-state index in [1.54, 1.807) is 4.90 Å². The SMILES string of the molecule is CS(=O)(=O)c1ccc(N2CCN(C(=O)C[C@@H]3COCCN3)CC2)c(F)c1. The van der Waals surface area contributed by atoms with E-state index >= 15 is 0 Å². The van der Waals surface area contributed by atoms with Crippen LogP contribution in [0.5, 0.6) is 0 Å². The summed E-state index contributed by atoms with van der Waals surface area (Å²) in [4.78, 5) is 16.0. The molecule has 1 atom stereocenters. The lowest BCUT2D eigenvalue weighted by Crippen LogP contribution is -2.51. The zero-order valence-corrected chi connectivity index (χ0v) is 15.6. The predicted molar refractivity (Wildman–Crippen MR) is 95.5 cm³/mol. The Morgan fingerprint density at radius 2 is 2.04 bits per heavy atom. The first-order chi connectivity index (χ1) is 12.3. The predicted octanol–water partition coefficient (Wildman–Crippen LogP) is 0.256. The molecule has 0 aromatic heterocycles. The Kier molecular flexibility index (Phi) is 5.79. The maximum absolute atomic E-state index is 14.3. The van der Waals surface area contributed by atoms with Crippen molar-refractivity contribution in [1.82, 2.24) is 10.2 Å². The van der Waals surface area contributed by atoms with Gasteiger partial charge in [0.15, 0.2) is 9.84 Å². The Hall–Kier alpha value is -1.71. The van der Waals surface area contributed by atoms with Gasteiger partial charge >= 0.3 is 0 Å². The van der Waals surface area contributed by atoms with Gasteiger partial charge in [-0.1, -0.05) is 0 Å². The summed E-state index contributed by atoms with van der Waals surface area (Å²) >= 11 is 0. The van der Waals surface area contributed by atoms with Crippen molar-refractivity contribution in [3.05, 3.63) is 24.0 Å². The molecule has 0 spiro atoms. The van der Waals surface area contributed by atoms with Crippen LogP contribution < -0.4 is 10.2 Å². The smallest absolute Gasteiger partial charge is 0.224 e. The maximum atomic E-state index is 14.3. The van der Waals surface area contributed by atoms with Crippen molar-refractivity contribution in [1.29, 1.82) is 0 Å². The van der Waals surface area contributed by atoms with Crippen LogP contribution in [0.3, 0.4) is 0 Å². The molecule has 2 aliphatic heterocycles. The number of piperazine rings is 1. The summed E-state index contributed by atoms with van der Waals surface area (Å²) < 4.78 is 42.7. The molecule has 1 aromatic carbocycles. The molecule has 0 saturated carbocycles. The van der Waals surface area contributed by atoms with Crippen LogP contribution in [-0.4, -0.2) is 77.5 Å². The van der Waals surface area contributed by atoms with Gasteiger partial charge in [-0.2, -0.15) is 0 Å². The molecule has 9 heteroatoms. The van der Waals surface area contributed by atoms with Crippen molar-refractivity contribution in [2.75, 3.05) is 57.1 Å².